The Morgan fingerprint density at radius 3 is 1.14 bits per heavy atom. The number of phenolic OH excluding ortho intramolecular Hbond substituents is 2. The maximum absolute atomic E-state index is 12.2. The summed E-state index contributed by atoms with van der Waals surface area (Å²) < 4.78 is 57.2. The molecule has 3 N–H and O–H groups in total. The summed E-state index contributed by atoms with van der Waals surface area (Å²) in [6, 6.07) is 31.8. The largest absolute Gasteiger partial charge is 0.508 e. The van der Waals surface area contributed by atoms with Crippen molar-refractivity contribution >= 4 is 65.2 Å². The van der Waals surface area contributed by atoms with Crippen LogP contribution >= 0.6 is 0 Å². The molecule has 9 aromatic rings. The normalized spacial score (nSPS) is 11.0. The molecule has 0 saturated carbocycles. The van der Waals surface area contributed by atoms with Crippen LogP contribution < -0.4 is 26.4 Å². The van der Waals surface area contributed by atoms with E-state index in [0.717, 1.165) is 43.4 Å². The van der Waals surface area contributed by atoms with E-state index < -0.39 is 11.3 Å². The predicted molar refractivity (Wildman–Crippen MR) is 279 cm³/mol. The number of aromatic hydroxyl groups is 2. The number of ether oxygens (including phenoxy) is 8. The van der Waals surface area contributed by atoms with Crippen LogP contribution in [0, 0.1) is 13.8 Å². The van der Waals surface area contributed by atoms with Gasteiger partial charge in [-0.25, -0.2) is 14.4 Å². The summed E-state index contributed by atoms with van der Waals surface area (Å²) in [4.78, 5) is 36.2. The summed E-state index contributed by atoms with van der Waals surface area (Å²) in [5, 5.41) is 33.4. The zero-order chi connectivity index (χ0) is 52.1. The zero-order valence-electron chi connectivity index (χ0n) is 41.4. The van der Waals surface area contributed by atoms with E-state index in [2.05, 4.69) is 4.74 Å². The first-order valence-corrected chi connectivity index (χ1v) is 23.3. The highest BCUT2D eigenvalue weighted by atomic mass is 16.5. The fourth-order valence-corrected chi connectivity index (χ4v) is 7.36. The number of rotatable bonds is 19. The number of phenols is 2. The summed E-state index contributed by atoms with van der Waals surface area (Å²) in [6.45, 7) is 9.41. The molecule has 17 nitrogen and oxygen atoms in total. The fraction of sp³-hybridized carbons (Fsp3) is 0.304. The Kier molecular flexibility index (Phi) is 21.1. The van der Waals surface area contributed by atoms with Crippen LogP contribution in [-0.2, 0) is 28.4 Å². The second-order valence-electron chi connectivity index (χ2n) is 16.2. The van der Waals surface area contributed by atoms with Crippen LogP contribution in [0.5, 0.6) is 23.0 Å². The maximum atomic E-state index is 12.2. The number of hydrogen-bond acceptors (Lipinski definition) is 17. The zero-order valence-corrected chi connectivity index (χ0v) is 41.4. The van der Waals surface area contributed by atoms with Gasteiger partial charge in [-0.05, 0) is 104 Å². The number of aliphatic hydroxyl groups is 1. The molecule has 0 bridgehead atoms. The van der Waals surface area contributed by atoms with Crippen LogP contribution in [0.2, 0.25) is 0 Å². The lowest BCUT2D eigenvalue weighted by Gasteiger charge is -2.09. The molecule has 0 radical (unpaired) electrons. The van der Waals surface area contributed by atoms with Crippen LogP contribution in [0.15, 0.2) is 137 Å². The molecule has 0 spiro atoms. The third-order valence-electron chi connectivity index (χ3n) is 10.9. The van der Waals surface area contributed by atoms with E-state index in [1.165, 1.54) is 12.1 Å². The van der Waals surface area contributed by atoms with Crippen molar-refractivity contribution in [2.75, 3.05) is 101 Å². The van der Waals surface area contributed by atoms with Gasteiger partial charge in [0.2, 0.25) is 0 Å². The topological polar surface area (TPSA) is 225 Å². The van der Waals surface area contributed by atoms with Crippen molar-refractivity contribution in [3.05, 3.63) is 152 Å². The van der Waals surface area contributed by atoms with Crippen LogP contribution in [0.25, 0.3) is 65.2 Å². The van der Waals surface area contributed by atoms with Gasteiger partial charge in [-0.2, -0.15) is 0 Å². The van der Waals surface area contributed by atoms with E-state index in [-0.39, 0.29) is 23.7 Å². The Hall–Kier alpha value is -7.35. The minimum atomic E-state index is -0.468. The standard InChI is InChI=1S/C19H20O5.C18H18O6.C14H10O3.C5H12O3/c1-13-3-5-16-15-6-4-14(23-10-9-22-8-7-21-2)12-17(15)19(20)24-18(16)11-13;1-21-6-7-22-8-9-23-13-3-5-14-15-4-2-12(19)10-17(15)24-18(20)16(14)11-13;1-8-2-4-11-10-5-3-9(15)7-12(10)14(16)17-13(11)6-8;1-7-4-5-8-3-2-6/h3-6,11-12H,7-10H2,1-2H3;2-5,10-11,19H,6-9H2,1H3;2-7,15H,1H3;6H,2-5H2,1H3. The molecule has 3 heterocycles. The van der Waals surface area contributed by atoms with E-state index in [4.69, 9.17) is 51.5 Å². The number of aryl methyl sites for hydroxylation is 2. The van der Waals surface area contributed by atoms with Gasteiger partial charge in [0.25, 0.3) is 0 Å². The molecule has 0 aliphatic rings. The quantitative estimate of drug-likeness (QED) is 0.0392. The summed E-state index contributed by atoms with van der Waals surface area (Å²) in [7, 11) is 4.86. The molecule has 0 aliphatic heterocycles. The van der Waals surface area contributed by atoms with E-state index in [0.29, 0.717) is 117 Å². The molecule has 0 atom stereocenters. The van der Waals surface area contributed by atoms with Crippen molar-refractivity contribution in [1.29, 1.82) is 0 Å². The SMILES string of the molecule is COCCOCCO.COCCOCCOc1ccc2c(c1)c(=O)oc1cc(C)ccc12.COCCOCCOc1ccc2c(c1)c(=O)oc1cc(O)ccc12.Cc1ccc2c(c1)oc(=O)c1cc(O)ccc12. The Bertz CT molecular complexity index is 3240. The van der Waals surface area contributed by atoms with Crippen molar-refractivity contribution in [1.82, 2.24) is 0 Å². The minimum Gasteiger partial charge on any atom is -0.508 e. The molecule has 0 amide bonds. The number of aliphatic hydroxyl groups excluding tert-OH is 1. The molecular formula is C56H60O17. The molecule has 0 aliphatic carbocycles. The van der Waals surface area contributed by atoms with Gasteiger partial charge in [-0.1, -0.05) is 24.3 Å². The lowest BCUT2D eigenvalue weighted by Crippen LogP contribution is -2.10. The first-order chi connectivity index (χ1) is 35.4. The first-order valence-electron chi connectivity index (χ1n) is 23.3. The Morgan fingerprint density at radius 1 is 0.370 bits per heavy atom. The molecule has 0 unspecified atom stereocenters. The van der Waals surface area contributed by atoms with Crippen LogP contribution in [0.1, 0.15) is 11.1 Å². The highest BCUT2D eigenvalue weighted by molar-refractivity contribution is 6.06. The van der Waals surface area contributed by atoms with Crippen molar-refractivity contribution in [2.24, 2.45) is 0 Å². The number of fused-ring (bicyclic) bond motifs is 9. The van der Waals surface area contributed by atoms with Crippen molar-refractivity contribution in [3.63, 3.8) is 0 Å². The number of benzene rings is 6. The van der Waals surface area contributed by atoms with Gasteiger partial charge >= 0.3 is 16.9 Å². The van der Waals surface area contributed by atoms with Gasteiger partial charge in [0, 0.05) is 59.7 Å². The summed E-state index contributed by atoms with van der Waals surface area (Å²) >= 11 is 0. The molecule has 17 heteroatoms. The van der Waals surface area contributed by atoms with Crippen LogP contribution in [-0.4, -0.2) is 116 Å². The minimum absolute atomic E-state index is 0.0541. The van der Waals surface area contributed by atoms with E-state index in [1.54, 1.807) is 63.8 Å². The van der Waals surface area contributed by atoms with E-state index in [1.807, 2.05) is 68.4 Å². The second-order valence-corrected chi connectivity index (χ2v) is 16.2. The van der Waals surface area contributed by atoms with Gasteiger partial charge in [0.05, 0.1) is 82.2 Å². The van der Waals surface area contributed by atoms with Crippen LogP contribution in [0.4, 0.5) is 0 Å². The van der Waals surface area contributed by atoms with Gasteiger partial charge in [0.1, 0.15) is 53.0 Å². The van der Waals surface area contributed by atoms with Crippen molar-refractivity contribution in [3.8, 4) is 23.0 Å². The van der Waals surface area contributed by atoms with Gasteiger partial charge < -0.3 is 66.5 Å². The molecule has 0 saturated heterocycles. The second kappa shape index (κ2) is 28.0. The lowest BCUT2D eigenvalue weighted by atomic mass is 10.1. The Balaban J connectivity index is 0.000000168. The molecule has 3 aromatic heterocycles. The summed E-state index contributed by atoms with van der Waals surface area (Å²) in [5.41, 5.74) is 2.38. The lowest BCUT2D eigenvalue weighted by molar-refractivity contribution is 0.0500. The Labute approximate surface area is 419 Å². The monoisotopic (exact) mass is 1000 g/mol. The van der Waals surface area contributed by atoms with Gasteiger partial charge in [-0.3, -0.25) is 0 Å². The number of methoxy groups -OCH3 is 3. The fourth-order valence-electron chi connectivity index (χ4n) is 7.36. The predicted octanol–water partition coefficient (Wildman–Crippen LogP) is 8.59. The molecular weight excluding hydrogens is 945 g/mol. The van der Waals surface area contributed by atoms with E-state index in [9.17, 15) is 24.6 Å². The molecule has 386 valence electrons. The summed E-state index contributed by atoms with van der Waals surface area (Å²) in [6.07, 6.45) is 0. The highest BCUT2D eigenvalue weighted by Crippen LogP contribution is 2.30. The smallest absolute Gasteiger partial charge is 0.344 e. The average molecular weight is 1010 g/mol. The van der Waals surface area contributed by atoms with Crippen molar-refractivity contribution in [2.45, 2.75) is 13.8 Å². The maximum Gasteiger partial charge on any atom is 0.344 e. The Morgan fingerprint density at radius 2 is 0.712 bits per heavy atom. The van der Waals surface area contributed by atoms with Gasteiger partial charge in [0.15, 0.2) is 0 Å². The molecule has 9 rings (SSSR count). The average Bonchev–Trinajstić information content (AvgIpc) is 3.38. The first kappa shape index (κ1) is 55.0. The summed E-state index contributed by atoms with van der Waals surface area (Å²) in [5.74, 6) is 1.31. The number of hydrogen-bond donors (Lipinski definition) is 3. The van der Waals surface area contributed by atoms with E-state index >= 15 is 0 Å². The third-order valence-corrected chi connectivity index (χ3v) is 10.9. The third kappa shape index (κ3) is 15.6. The van der Waals surface area contributed by atoms with Crippen molar-refractivity contribution < 1.29 is 66.5 Å². The molecule has 0 fully saturated rings. The van der Waals surface area contributed by atoms with Crippen LogP contribution in [0.3, 0.4) is 0 Å². The highest BCUT2D eigenvalue weighted by Gasteiger charge is 2.12. The van der Waals surface area contributed by atoms with Gasteiger partial charge in [-0.15, -0.1) is 0 Å². The molecule has 6 aromatic carbocycles. The molecule has 73 heavy (non-hydrogen) atoms.